The molecule has 1 amide bonds. The third kappa shape index (κ3) is 3.33. The van der Waals surface area contributed by atoms with Crippen LogP contribution in [0.3, 0.4) is 0 Å². The first-order chi connectivity index (χ1) is 9.65. The minimum absolute atomic E-state index is 0.251. The highest BCUT2D eigenvalue weighted by Crippen LogP contribution is 2.27. The molecule has 1 saturated heterocycles. The molecule has 7 heteroatoms. The molecule has 0 radical (unpaired) electrons. The molecule has 0 saturated carbocycles. The summed E-state index contributed by atoms with van der Waals surface area (Å²) >= 11 is 1.49. The van der Waals surface area contributed by atoms with Gasteiger partial charge in [0.15, 0.2) is 5.16 Å². The lowest BCUT2D eigenvalue weighted by atomic mass is 10.2. The number of thioether (sulfide) groups is 1. The van der Waals surface area contributed by atoms with Gasteiger partial charge in [-0.2, -0.15) is 0 Å². The molecule has 3 N–H and O–H groups in total. The fourth-order valence-corrected chi connectivity index (χ4v) is 2.71. The van der Waals surface area contributed by atoms with E-state index in [2.05, 4.69) is 22.2 Å². The third-order valence-electron chi connectivity index (χ3n) is 3.31. The molecule has 1 aliphatic heterocycles. The van der Waals surface area contributed by atoms with Gasteiger partial charge in [0.05, 0.1) is 0 Å². The van der Waals surface area contributed by atoms with E-state index in [-0.39, 0.29) is 11.9 Å². The van der Waals surface area contributed by atoms with E-state index in [0.717, 1.165) is 44.0 Å². The van der Waals surface area contributed by atoms with Crippen molar-refractivity contribution in [2.75, 3.05) is 29.6 Å². The van der Waals surface area contributed by atoms with E-state index in [9.17, 15) is 4.79 Å². The number of nitrogens with two attached hydrogens (primary N) is 1. The Kier molecular flexibility index (Phi) is 5.05. The number of aromatic nitrogens is 2. The van der Waals surface area contributed by atoms with Gasteiger partial charge in [-0.25, -0.2) is 9.97 Å². The maximum Gasteiger partial charge on any atom is 0.240 e. The number of anilines is 2. The van der Waals surface area contributed by atoms with Gasteiger partial charge in [-0.1, -0.05) is 18.7 Å². The molecular formula is C13H21N5OS. The van der Waals surface area contributed by atoms with E-state index in [1.165, 1.54) is 11.8 Å². The Labute approximate surface area is 123 Å². The number of carbonyl (C=O) groups is 1. The van der Waals surface area contributed by atoms with E-state index in [1.807, 2.05) is 17.2 Å². The average molecular weight is 295 g/mol. The van der Waals surface area contributed by atoms with Gasteiger partial charge >= 0.3 is 0 Å². The summed E-state index contributed by atoms with van der Waals surface area (Å²) in [5, 5.41) is 3.97. The lowest BCUT2D eigenvalue weighted by molar-refractivity contribution is -0.119. The van der Waals surface area contributed by atoms with Gasteiger partial charge < -0.3 is 16.0 Å². The summed E-state index contributed by atoms with van der Waals surface area (Å²) in [6.45, 7) is 3.78. The van der Waals surface area contributed by atoms with Crippen LogP contribution in [-0.4, -0.2) is 41.3 Å². The Morgan fingerprint density at radius 3 is 3.05 bits per heavy atom. The van der Waals surface area contributed by atoms with Crippen LogP contribution in [0.25, 0.3) is 0 Å². The highest BCUT2D eigenvalue weighted by molar-refractivity contribution is 7.98. The zero-order valence-electron chi connectivity index (χ0n) is 11.9. The zero-order chi connectivity index (χ0) is 14.5. The number of nitrogens with one attached hydrogen (secondary N) is 1. The molecule has 6 nitrogen and oxygen atoms in total. The molecule has 0 aliphatic carbocycles. The Morgan fingerprint density at radius 1 is 1.60 bits per heavy atom. The van der Waals surface area contributed by atoms with Crippen molar-refractivity contribution in [1.29, 1.82) is 0 Å². The summed E-state index contributed by atoms with van der Waals surface area (Å²) in [5.74, 6) is 1.30. The van der Waals surface area contributed by atoms with Crippen LogP contribution in [0.1, 0.15) is 26.2 Å². The van der Waals surface area contributed by atoms with Crippen LogP contribution in [0.2, 0.25) is 0 Å². The summed E-state index contributed by atoms with van der Waals surface area (Å²) in [4.78, 5) is 22.4. The number of carbonyl (C=O) groups excluding carboxylic acids is 1. The van der Waals surface area contributed by atoms with Crippen LogP contribution in [0, 0.1) is 0 Å². The van der Waals surface area contributed by atoms with Crippen LogP contribution in [0.15, 0.2) is 11.2 Å². The fourth-order valence-electron chi connectivity index (χ4n) is 2.33. The summed E-state index contributed by atoms with van der Waals surface area (Å²) in [6, 6.07) is 1.65. The summed E-state index contributed by atoms with van der Waals surface area (Å²) < 4.78 is 0. The lowest BCUT2D eigenvalue weighted by Gasteiger charge is -2.24. The van der Waals surface area contributed by atoms with Gasteiger partial charge in [-0.15, -0.1) is 0 Å². The zero-order valence-corrected chi connectivity index (χ0v) is 12.7. The normalized spacial score (nSPS) is 18.3. The Morgan fingerprint density at radius 2 is 2.40 bits per heavy atom. The smallest absolute Gasteiger partial charge is 0.240 e. The molecule has 110 valence electrons. The van der Waals surface area contributed by atoms with Crippen molar-refractivity contribution in [2.24, 2.45) is 5.73 Å². The average Bonchev–Trinajstić information content (AvgIpc) is 2.94. The first-order valence-electron chi connectivity index (χ1n) is 6.88. The van der Waals surface area contributed by atoms with Gasteiger partial charge in [0.25, 0.3) is 0 Å². The highest BCUT2D eigenvalue weighted by Gasteiger charge is 2.30. The van der Waals surface area contributed by atoms with Crippen molar-refractivity contribution in [2.45, 2.75) is 37.4 Å². The molecule has 20 heavy (non-hydrogen) atoms. The minimum atomic E-state index is -0.283. The van der Waals surface area contributed by atoms with E-state index in [0.29, 0.717) is 5.16 Å². The molecule has 0 aromatic carbocycles. The number of amides is 1. The van der Waals surface area contributed by atoms with E-state index < -0.39 is 0 Å². The molecule has 1 aliphatic rings. The summed E-state index contributed by atoms with van der Waals surface area (Å²) in [7, 11) is 0. The molecule has 2 heterocycles. The maximum absolute atomic E-state index is 11.5. The molecule has 1 unspecified atom stereocenters. The predicted molar refractivity (Wildman–Crippen MR) is 82.2 cm³/mol. The van der Waals surface area contributed by atoms with Crippen LogP contribution < -0.4 is 16.0 Å². The van der Waals surface area contributed by atoms with Crippen LogP contribution in [-0.2, 0) is 4.79 Å². The van der Waals surface area contributed by atoms with Gasteiger partial charge in [-0.3, -0.25) is 4.79 Å². The quantitative estimate of drug-likeness (QED) is 0.611. The van der Waals surface area contributed by atoms with Crippen molar-refractivity contribution in [3.05, 3.63) is 6.07 Å². The van der Waals surface area contributed by atoms with E-state index >= 15 is 0 Å². The predicted octanol–water partition coefficient (Wildman–Crippen LogP) is 1.47. The number of rotatable bonds is 6. The van der Waals surface area contributed by atoms with Gasteiger partial charge in [-0.05, 0) is 25.5 Å². The molecule has 0 bridgehead atoms. The van der Waals surface area contributed by atoms with Crippen molar-refractivity contribution in [3.63, 3.8) is 0 Å². The SMILES string of the molecule is CCCNc1cc(N2CCCC2C(N)=O)nc(SC)n1. The molecule has 1 fully saturated rings. The number of primary amides is 1. The number of hydrogen-bond donors (Lipinski definition) is 2. The van der Waals surface area contributed by atoms with Crippen LogP contribution in [0.4, 0.5) is 11.6 Å². The molecule has 1 aromatic heterocycles. The molecule has 1 aromatic rings. The number of nitrogens with zero attached hydrogens (tertiary/aromatic N) is 3. The van der Waals surface area contributed by atoms with E-state index in [1.54, 1.807) is 0 Å². The topological polar surface area (TPSA) is 84.1 Å². The number of hydrogen-bond acceptors (Lipinski definition) is 6. The van der Waals surface area contributed by atoms with Gasteiger partial charge in [0.1, 0.15) is 17.7 Å². The second-order valence-corrected chi connectivity index (χ2v) is 5.55. The summed E-state index contributed by atoms with van der Waals surface area (Å²) in [5.41, 5.74) is 5.47. The first-order valence-corrected chi connectivity index (χ1v) is 8.11. The maximum atomic E-state index is 11.5. The standard InChI is InChI=1S/C13H21N5OS/c1-3-6-15-10-8-11(17-13(16-10)20-2)18-7-4-5-9(18)12(14)19/h8-9H,3-7H2,1-2H3,(H2,14,19)(H,15,16,17). The van der Waals surface area contributed by atoms with Crippen molar-refractivity contribution in [3.8, 4) is 0 Å². The monoisotopic (exact) mass is 295 g/mol. The van der Waals surface area contributed by atoms with Crippen molar-refractivity contribution in [1.82, 2.24) is 9.97 Å². The largest absolute Gasteiger partial charge is 0.370 e. The third-order valence-corrected chi connectivity index (χ3v) is 3.85. The Bertz CT molecular complexity index is 482. The van der Waals surface area contributed by atoms with Crippen molar-refractivity contribution < 1.29 is 4.79 Å². The molecule has 2 rings (SSSR count). The van der Waals surface area contributed by atoms with Crippen LogP contribution >= 0.6 is 11.8 Å². The fraction of sp³-hybridized carbons (Fsp3) is 0.615. The van der Waals surface area contributed by atoms with Gasteiger partial charge in [0.2, 0.25) is 5.91 Å². The van der Waals surface area contributed by atoms with Crippen LogP contribution in [0.5, 0.6) is 0 Å². The van der Waals surface area contributed by atoms with Gasteiger partial charge in [0, 0.05) is 19.2 Å². The lowest BCUT2D eigenvalue weighted by Crippen LogP contribution is -2.40. The second-order valence-electron chi connectivity index (χ2n) is 4.78. The molecule has 1 atom stereocenters. The summed E-state index contributed by atoms with van der Waals surface area (Å²) in [6.07, 6.45) is 4.73. The molecular weight excluding hydrogens is 274 g/mol. The van der Waals surface area contributed by atoms with Crippen molar-refractivity contribution >= 4 is 29.3 Å². The Balaban J connectivity index is 2.27. The first kappa shape index (κ1) is 14.9. The molecule has 0 spiro atoms. The second kappa shape index (κ2) is 6.78. The minimum Gasteiger partial charge on any atom is -0.370 e. The highest BCUT2D eigenvalue weighted by atomic mass is 32.2. The van der Waals surface area contributed by atoms with E-state index in [4.69, 9.17) is 5.73 Å². The Hall–Kier alpha value is -1.50.